The number of aryl methyl sites for hydroxylation is 1. The summed E-state index contributed by atoms with van der Waals surface area (Å²) in [6.45, 7) is 6.04. The quantitative estimate of drug-likeness (QED) is 0.759. The Hall–Kier alpha value is -1.75. The van der Waals surface area contributed by atoms with E-state index in [9.17, 15) is 4.79 Å². The Morgan fingerprint density at radius 2 is 2.13 bits per heavy atom. The smallest absolute Gasteiger partial charge is 0.315 e. The van der Waals surface area contributed by atoms with E-state index < -0.39 is 0 Å². The number of ether oxygens (including phenoxy) is 1. The molecule has 128 valence electrons. The Balaban J connectivity index is 1.60. The Morgan fingerprint density at radius 3 is 2.83 bits per heavy atom. The number of likely N-dealkylation sites (tertiary alicyclic amines) is 1. The highest BCUT2D eigenvalue weighted by Gasteiger charge is 2.19. The summed E-state index contributed by atoms with van der Waals surface area (Å²) in [6.07, 6.45) is 4.13. The fourth-order valence-electron chi connectivity index (χ4n) is 2.98. The van der Waals surface area contributed by atoms with Crippen molar-refractivity contribution < 1.29 is 9.53 Å². The van der Waals surface area contributed by atoms with Gasteiger partial charge in [0.2, 0.25) is 0 Å². The van der Waals surface area contributed by atoms with Crippen molar-refractivity contribution in [3.8, 4) is 5.75 Å². The molecule has 1 aromatic rings. The molecule has 1 atom stereocenters. The molecule has 1 saturated heterocycles. The Kier molecular flexibility index (Phi) is 7.20. The summed E-state index contributed by atoms with van der Waals surface area (Å²) < 4.78 is 5.15. The molecule has 0 aromatic heterocycles. The predicted molar refractivity (Wildman–Crippen MR) is 93.0 cm³/mol. The maximum absolute atomic E-state index is 11.9. The van der Waals surface area contributed by atoms with Crippen LogP contribution in [0, 0.1) is 0 Å². The van der Waals surface area contributed by atoms with Crippen molar-refractivity contribution in [1.82, 2.24) is 15.5 Å². The lowest BCUT2D eigenvalue weighted by molar-refractivity contribution is 0.192. The predicted octanol–water partition coefficient (Wildman–Crippen LogP) is 2.41. The summed E-state index contributed by atoms with van der Waals surface area (Å²) >= 11 is 0. The molecule has 0 saturated carbocycles. The van der Waals surface area contributed by atoms with Crippen LogP contribution in [-0.2, 0) is 6.42 Å². The van der Waals surface area contributed by atoms with E-state index in [1.54, 1.807) is 7.11 Å². The van der Waals surface area contributed by atoms with Crippen molar-refractivity contribution >= 4 is 6.03 Å². The number of nitrogens with one attached hydrogen (secondary N) is 2. The maximum Gasteiger partial charge on any atom is 0.315 e. The maximum atomic E-state index is 11.9. The molecular weight excluding hydrogens is 290 g/mol. The number of hydrogen-bond acceptors (Lipinski definition) is 3. The lowest BCUT2D eigenvalue weighted by atomic mass is 10.1. The zero-order valence-corrected chi connectivity index (χ0v) is 14.3. The Bertz CT molecular complexity index is 476. The third-order valence-electron chi connectivity index (χ3n) is 4.37. The van der Waals surface area contributed by atoms with Crippen molar-refractivity contribution in [1.29, 1.82) is 0 Å². The normalized spacial score (nSPS) is 18.4. The van der Waals surface area contributed by atoms with Crippen LogP contribution < -0.4 is 15.4 Å². The third kappa shape index (κ3) is 6.10. The van der Waals surface area contributed by atoms with Crippen LogP contribution in [0.4, 0.5) is 4.79 Å². The molecule has 0 bridgehead atoms. The third-order valence-corrected chi connectivity index (χ3v) is 4.37. The fourth-order valence-corrected chi connectivity index (χ4v) is 2.98. The summed E-state index contributed by atoms with van der Waals surface area (Å²) in [5.41, 5.74) is 1.26. The van der Waals surface area contributed by atoms with Crippen molar-refractivity contribution in [2.45, 2.75) is 38.6 Å². The van der Waals surface area contributed by atoms with Crippen LogP contribution in [0.5, 0.6) is 5.75 Å². The molecule has 5 nitrogen and oxygen atoms in total. The van der Waals surface area contributed by atoms with Crippen LogP contribution in [-0.4, -0.2) is 50.3 Å². The number of amides is 2. The number of carbonyl (C=O) groups excluding carboxylic acids is 1. The molecule has 1 heterocycles. The van der Waals surface area contributed by atoms with E-state index in [4.69, 9.17) is 4.74 Å². The van der Waals surface area contributed by atoms with Crippen LogP contribution in [0.15, 0.2) is 24.3 Å². The first-order valence-electron chi connectivity index (χ1n) is 8.61. The van der Waals surface area contributed by atoms with Gasteiger partial charge < -0.3 is 20.3 Å². The zero-order chi connectivity index (χ0) is 16.5. The van der Waals surface area contributed by atoms with Gasteiger partial charge in [0.05, 0.1) is 7.11 Å². The lowest BCUT2D eigenvalue weighted by Crippen LogP contribution is -2.50. The molecule has 1 fully saturated rings. The van der Waals surface area contributed by atoms with Gasteiger partial charge in [-0.25, -0.2) is 4.79 Å². The Morgan fingerprint density at radius 1 is 1.35 bits per heavy atom. The average Bonchev–Trinajstić information content (AvgIpc) is 2.59. The number of likely N-dealkylation sites (N-methyl/N-ethyl adjacent to an activating group) is 1. The molecule has 0 aliphatic carbocycles. The molecule has 1 aliphatic heterocycles. The highest BCUT2D eigenvalue weighted by Crippen LogP contribution is 2.12. The van der Waals surface area contributed by atoms with Gasteiger partial charge in [0.15, 0.2) is 0 Å². The second kappa shape index (κ2) is 9.40. The first-order chi connectivity index (χ1) is 11.2. The zero-order valence-electron chi connectivity index (χ0n) is 14.3. The molecule has 2 rings (SSSR count). The van der Waals surface area contributed by atoms with E-state index in [0.29, 0.717) is 6.54 Å². The summed E-state index contributed by atoms with van der Waals surface area (Å²) in [6, 6.07) is 8.32. The summed E-state index contributed by atoms with van der Waals surface area (Å²) in [5, 5.41) is 6.05. The number of carbonyl (C=O) groups is 1. The van der Waals surface area contributed by atoms with E-state index in [1.165, 1.54) is 5.56 Å². The van der Waals surface area contributed by atoms with E-state index in [0.717, 1.165) is 51.1 Å². The van der Waals surface area contributed by atoms with E-state index >= 15 is 0 Å². The van der Waals surface area contributed by atoms with Crippen molar-refractivity contribution in [2.24, 2.45) is 0 Å². The summed E-state index contributed by atoms with van der Waals surface area (Å²) in [4.78, 5) is 14.3. The summed E-state index contributed by atoms with van der Waals surface area (Å²) in [5.74, 6) is 0.875. The SMILES string of the molecule is CCN1CCC[C@H](NC(=O)NCCCc2ccc(OC)cc2)C1. The van der Waals surface area contributed by atoms with E-state index in [2.05, 4.69) is 34.6 Å². The molecule has 2 N–H and O–H groups in total. The monoisotopic (exact) mass is 319 g/mol. The van der Waals surface area contributed by atoms with E-state index in [-0.39, 0.29) is 12.1 Å². The van der Waals surface area contributed by atoms with E-state index in [1.807, 2.05) is 12.1 Å². The number of rotatable bonds is 7. The van der Waals surface area contributed by atoms with Gasteiger partial charge in [-0.05, 0) is 56.5 Å². The second-order valence-corrected chi connectivity index (χ2v) is 6.08. The van der Waals surface area contributed by atoms with Crippen molar-refractivity contribution in [2.75, 3.05) is 33.3 Å². The highest BCUT2D eigenvalue weighted by molar-refractivity contribution is 5.74. The molecule has 2 amide bonds. The molecule has 23 heavy (non-hydrogen) atoms. The van der Waals surface area contributed by atoms with Gasteiger partial charge in [0.25, 0.3) is 0 Å². The fraction of sp³-hybridized carbons (Fsp3) is 0.611. The van der Waals surface area contributed by atoms with Crippen LogP contribution in [0.1, 0.15) is 31.7 Å². The van der Waals surface area contributed by atoms with Gasteiger partial charge in [-0.1, -0.05) is 19.1 Å². The van der Waals surface area contributed by atoms with Gasteiger partial charge >= 0.3 is 6.03 Å². The van der Waals surface area contributed by atoms with Crippen LogP contribution in [0.2, 0.25) is 0 Å². The molecule has 0 unspecified atom stereocenters. The lowest BCUT2D eigenvalue weighted by Gasteiger charge is -2.32. The molecule has 0 radical (unpaired) electrons. The molecule has 5 heteroatoms. The van der Waals surface area contributed by atoms with Gasteiger partial charge in [-0.15, -0.1) is 0 Å². The summed E-state index contributed by atoms with van der Waals surface area (Å²) in [7, 11) is 1.67. The van der Waals surface area contributed by atoms with Crippen LogP contribution in [0.3, 0.4) is 0 Å². The number of piperidine rings is 1. The minimum absolute atomic E-state index is 0.0392. The molecule has 1 aliphatic rings. The Labute approximate surface area is 139 Å². The number of urea groups is 1. The largest absolute Gasteiger partial charge is 0.497 e. The topological polar surface area (TPSA) is 53.6 Å². The van der Waals surface area contributed by atoms with Gasteiger partial charge in [-0.2, -0.15) is 0 Å². The second-order valence-electron chi connectivity index (χ2n) is 6.08. The average molecular weight is 319 g/mol. The molecule has 0 spiro atoms. The minimum Gasteiger partial charge on any atom is -0.497 e. The van der Waals surface area contributed by atoms with Crippen LogP contribution >= 0.6 is 0 Å². The molecule has 1 aromatic carbocycles. The number of benzene rings is 1. The standard InChI is InChI=1S/C18H29N3O2/c1-3-21-13-5-7-16(14-21)20-18(22)19-12-4-6-15-8-10-17(23-2)11-9-15/h8-11,16H,3-7,12-14H2,1-2H3,(H2,19,20,22)/t16-/m0/s1. The number of nitrogens with zero attached hydrogens (tertiary/aromatic N) is 1. The molecular formula is C18H29N3O2. The first kappa shape index (κ1) is 17.6. The van der Waals surface area contributed by atoms with Crippen molar-refractivity contribution in [3.63, 3.8) is 0 Å². The van der Waals surface area contributed by atoms with Crippen LogP contribution in [0.25, 0.3) is 0 Å². The van der Waals surface area contributed by atoms with Gasteiger partial charge in [0.1, 0.15) is 5.75 Å². The van der Waals surface area contributed by atoms with Crippen molar-refractivity contribution in [3.05, 3.63) is 29.8 Å². The highest BCUT2D eigenvalue weighted by atomic mass is 16.5. The van der Waals surface area contributed by atoms with Gasteiger partial charge in [-0.3, -0.25) is 0 Å². The first-order valence-corrected chi connectivity index (χ1v) is 8.61. The minimum atomic E-state index is -0.0392. The van der Waals surface area contributed by atoms with Gasteiger partial charge in [0, 0.05) is 19.1 Å². The number of methoxy groups -OCH3 is 1. The number of hydrogen-bond donors (Lipinski definition) is 2.